The first kappa shape index (κ1) is 18.0. The van der Waals surface area contributed by atoms with E-state index in [1.165, 1.54) is 11.3 Å². The van der Waals surface area contributed by atoms with E-state index in [1.54, 1.807) is 6.20 Å². The van der Waals surface area contributed by atoms with Crippen molar-refractivity contribution < 1.29 is 4.79 Å². The third-order valence-electron chi connectivity index (χ3n) is 4.08. The number of hydrogen-bond acceptors (Lipinski definition) is 7. The number of pyridine rings is 1. The Kier molecular flexibility index (Phi) is 6.17. The van der Waals surface area contributed by atoms with E-state index < -0.39 is 0 Å². The Balaban J connectivity index is 1.40. The highest BCUT2D eigenvalue weighted by molar-refractivity contribution is 7.15. The lowest BCUT2D eigenvalue weighted by atomic mass is 10.2. The van der Waals surface area contributed by atoms with Gasteiger partial charge in [0.1, 0.15) is 10.8 Å². The lowest BCUT2D eigenvalue weighted by Crippen LogP contribution is -2.47. The summed E-state index contributed by atoms with van der Waals surface area (Å²) in [5.41, 5.74) is 0. The molecule has 3 rings (SSSR count). The van der Waals surface area contributed by atoms with Gasteiger partial charge < -0.3 is 10.2 Å². The van der Waals surface area contributed by atoms with Gasteiger partial charge in [-0.1, -0.05) is 29.9 Å². The van der Waals surface area contributed by atoms with Crippen LogP contribution in [0.3, 0.4) is 0 Å². The van der Waals surface area contributed by atoms with Crippen LogP contribution in [-0.2, 0) is 11.2 Å². The van der Waals surface area contributed by atoms with Gasteiger partial charge in [0.25, 0.3) is 0 Å². The second kappa shape index (κ2) is 8.55. The van der Waals surface area contributed by atoms with Crippen LogP contribution in [-0.4, -0.2) is 58.7 Å². The minimum atomic E-state index is -0.0133. The van der Waals surface area contributed by atoms with Gasteiger partial charge in [0.05, 0.1) is 5.02 Å². The van der Waals surface area contributed by atoms with Gasteiger partial charge in [-0.3, -0.25) is 9.69 Å². The zero-order valence-electron chi connectivity index (χ0n) is 14.1. The van der Waals surface area contributed by atoms with Gasteiger partial charge in [0.15, 0.2) is 0 Å². The molecule has 0 bridgehead atoms. The molecule has 0 unspecified atom stereocenters. The third kappa shape index (κ3) is 5.10. The van der Waals surface area contributed by atoms with Crippen LogP contribution in [0.4, 0.5) is 10.9 Å². The van der Waals surface area contributed by atoms with Crippen LogP contribution < -0.4 is 10.2 Å². The molecule has 0 atom stereocenters. The molecule has 25 heavy (non-hydrogen) atoms. The number of aromatic nitrogens is 3. The fraction of sp³-hybridized carbons (Fsp3) is 0.500. The second-order valence-corrected chi connectivity index (χ2v) is 7.31. The van der Waals surface area contributed by atoms with Crippen LogP contribution in [0.5, 0.6) is 0 Å². The molecule has 1 aliphatic rings. The summed E-state index contributed by atoms with van der Waals surface area (Å²) in [6.07, 6.45) is 2.96. The van der Waals surface area contributed by atoms with Gasteiger partial charge in [0, 0.05) is 45.3 Å². The summed E-state index contributed by atoms with van der Waals surface area (Å²) in [6, 6.07) is 3.80. The molecule has 7 nitrogen and oxygen atoms in total. The smallest absolute Gasteiger partial charge is 0.227 e. The standard InChI is InChI=1S/C16H21ClN6OS/c1-2-15-20-21-16(25-15)19-14(24)5-6-22-7-9-23(10-8-22)13-4-3-12(17)11-18-13/h3-4,11H,2,5-10H2,1H3,(H,19,21,24). The maximum absolute atomic E-state index is 12.0. The average molecular weight is 381 g/mol. The fourth-order valence-electron chi connectivity index (χ4n) is 2.64. The average Bonchev–Trinajstić information content (AvgIpc) is 3.09. The van der Waals surface area contributed by atoms with Crippen LogP contribution in [0.2, 0.25) is 5.02 Å². The molecule has 1 amide bonds. The van der Waals surface area contributed by atoms with Crippen LogP contribution in [0.1, 0.15) is 18.4 Å². The molecule has 9 heteroatoms. The molecule has 2 aromatic rings. The van der Waals surface area contributed by atoms with Crippen molar-refractivity contribution in [2.45, 2.75) is 19.8 Å². The highest BCUT2D eigenvalue weighted by atomic mass is 35.5. The first-order chi connectivity index (χ1) is 12.1. The first-order valence-electron chi connectivity index (χ1n) is 8.35. The Hall–Kier alpha value is -1.77. The summed E-state index contributed by atoms with van der Waals surface area (Å²) < 4.78 is 0. The van der Waals surface area contributed by atoms with E-state index in [1.807, 2.05) is 19.1 Å². The maximum atomic E-state index is 12.0. The molecule has 0 saturated carbocycles. The summed E-state index contributed by atoms with van der Waals surface area (Å²) >= 11 is 7.31. The van der Waals surface area contributed by atoms with E-state index in [4.69, 9.17) is 11.6 Å². The minimum Gasteiger partial charge on any atom is -0.354 e. The molecule has 3 heterocycles. The van der Waals surface area contributed by atoms with Gasteiger partial charge in [-0.2, -0.15) is 0 Å². The number of amides is 1. The molecular formula is C16H21ClN6OS. The molecule has 2 aromatic heterocycles. The van der Waals surface area contributed by atoms with E-state index in [9.17, 15) is 4.79 Å². The SMILES string of the molecule is CCc1nnc(NC(=O)CCN2CCN(c3ccc(Cl)cn3)CC2)s1. The molecular weight excluding hydrogens is 360 g/mol. The van der Waals surface area contributed by atoms with Crippen molar-refractivity contribution in [3.63, 3.8) is 0 Å². The molecule has 0 aromatic carbocycles. The van der Waals surface area contributed by atoms with E-state index >= 15 is 0 Å². The molecule has 1 saturated heterocycles. The van der Waals surface area contributed by atoms with Crippen LogP contribution in [0.25, 0.3) is 0 Å². The minimum absolute atomic E-state index is 0.0133. The summed E-state index contributed by atoms with van der Waals surface area (Å²) in [5, 5.41) is 13.0. The number of nitrogens with zero attached hydrogens (tertiary/aromatic N) is 5. The summed E-state index contributed by atoms with van der Waals surface area (Å²) in [6.45, 7) is 6.38. The molecule has 1 aliphatic heterocycles. The summed E-state index contributed by atoms with van der Waals surface area (Å²) in [4.78, 5) is 20.9. The summed E-state index contributed by atoms with van der Waals surface area (Å²) in [5.74, 6) is 0.936. The monoisotopic (exact) mass is 380 g/mol. The maximum Gasteiger partial charge on any atom is 0.227 e. The zero-order valence-corrected chi connectivity index (χ0v) is 15.7. The van der Waals surface area contributed by atoms with Crippen molar-refractivity contribution in [3.8, 4) is 0 Å². The van der Waals surface area contributed by atoms with Gasteiger partial charge in [-0.15, -0.1) is 10.2 Å². The Morgan fingerprint density at radius 3 is 2.72 bits per heavy atom. The molecule has 0 radical (unpaired) electrons. The lowest BCUT2D eigenvalue weighted by molar-refractivity contribution is -0.116. The zero-order chi connectivity index (χ0) is 17.6. The number of piperazine rings is 1. The van der Waals surface area contributed by atoms with E-state index in [0.717, 1.165) is 50.0 Å². The van der Waals surface area contributed by atoms with E-state index in [0.29, 0.717) is 16.6 Å². The van der Waals surface area contributed by atoms with E-state index in [-0.39, 0.29) is 5.91 Å². The van der Waals surface area contributed by atoms with Crippen molar-refractivity contribution in [3.05, 3.63) is 28.4 Å². The number of hydrogen-bond donors (Lipinski definition) is 1. The fourth-order valence-corrected chi connectivity index (χ4v) is 3.45. The molecule has 1 fully saturated rings. The van der Waals surface area contributed by atoms with Crippen molar-refractivity contribution in [1.82, 2.24) is 20.1 Å². The molecule has 0 aliphatic carbocycles. The van der Waals surface area contributed by atoms with Crippen molar-refractivity contribution in [2.75, 3.05) is 42.9 Å². The Morgan fingerprint density at radius 2 is 2.08 bits per heavy atom. The quantitative estimate of drug-likeness (QED) is 0.828. The van der Waals surface area contributed by atoms with Crippen molar-refractivity contribution in [2.24, 2.45) is 0 Å². The highest BCUT2D eigenvalue weighted by Gasteiger charge is 2.18. The lowest BCUT2D eigenvalue weighted by Gasteiger charge is -2.35. The second-order valence-electron chi connectivity index (χ2n) is 5.82. The van der Waals surface area contributed by atoms with Crippen molar-refractivity contribution >= 4 is 39.8 Å². The van der Waals surface area contributed by atoms with Crippen LogP contribution in [0.15, 0.2) is 18.3 Å². The van der Waals surface area contributed by atoms with Gasteiger partial charge in [0.2, 0.25) is 11.0 Å². The first-order valence-corrected chi connectivity index (χ1v) is 9.54. The Bertz CT molecular complexity index is 699. The number of carbonyl (C=O) groups excluding carboxylic acids is 1. The van der Waals surface area contributed by atoms with Gasteiger partial charge in [-0.25, -0.2) is 4.98 Å². The highest BCUT2D eigenvalue weighted by Crippen LogP contribution is 2.17. The largest absolute Gasteiger partial charge is 0.354 e. The Labute approximate surface area is 156 Å². The van der Waals surface area contributed by atoms with Crippen LogP contribution in [0, 0.1) is 0 Å². The predicted octanol–water partition coefficient (Wildman–Crippen LogP) is 2.30. The predicted molar refractivity (Wildman–Crippen MR) is 100 cm³/mol. The summed E-state index contributed by atoms with van der Waals surface area (Å²) in [7, 11) is 0. The molecule has 134 valence electrons. The topological polar surface area (TPSA) is 74.2 Å². The number of rotatable bonds is 6. The Morgan fingerprint density at radius 1 is 1.28 bits per heavy atom. The third-order valence-corrected chi connectivity index (χ3v) is 5.29. The van der Waals surface area contributed by atoms with Gasteiger partial charge >= 0.3 is 0 Å². The number of anilines is 2. The number of nitrogens with one attached hydrogen (secondary N) is 1. The number of aryl methyl sites for hydroxylation is 1. The van der Waals surface area contributed by atoms with E-state index in [2.05, 4.69) is 30.3 Å². The number of carbonyl (C=O) groups is 1. The molecule has 1 N–H and O–H groups in total. The van der Waals surface area contributed by atoms with Crippen molar-refractivity contribution in [1.29, 1.82) is 0 Å². The van der Waals surface area contributed by atoms with Crippen LogP contribution >= 0.6 is 22.9 Å². The number of halogens is 1. The van der Waals surface area contributed by atoms with Gasteiger partial charge in [-0.05, 0) is 18.6 Å². The molecule has 0 spiro atoms. The normalized spacial score (nSPS) is 15.4.